The molecule has 2 amide bonds. The molecule has 0 aliphatic carbocycles. The van der Waals surface area contributed by atoms with Crippen molar-refractivity contribution in [2.45, 2.75) is 19.5 Å². The molecule has 0 atom stereocenters. The van der Waals surface area contributed by atoms with E-state index in [4.69, 9.17) is 4.98 Å². The second kappa shape index (κ2) is 12.3. The Hall–Kier alpha value is -5.78. The zero-order chi connectivity index (χ0) is 32.4. The third kappa shape index (κ3) is 6.65. The molecule has 3 aromatic carbocycles. The van der Waals surface area contributed by atoms with Crippen molar-refractivity contribution in [2.75, 3.05) is 29.6 Å². The molecule has 6 aromatic rings. The van der Waals surface area contributed by atoms with E-state index in [-0.39, 0.29) is 5.69 Å². The van der Waals surface area contributed by atoms with Crippen LogP contribution in [0.4, 0.5) is 35.2 Å². The molecule has 46 heavy (non-hydrogen) atoms. The summed E-state index contributed by atoms with van der Waals surface area (Å²) in [5.41, 5.74) is 5.14. The highest BCUT2D eigenvalue weighted by molar-refractivity contribution is 6.02. The van der Waals surface area contributed by atoms with Gasteiger partial charge in [-0.2, -0.15) is 18.3 Å². The second-order valence-electron chi connectivity index (χ2n) is 11.0. The molecule has 0 radical (unpaired) electrons. The Morgan fingerprint density at radius 1 is 0.870 bits per heavy atom. The summed E-state index contributed by atoms with van der Waals surface area (Å²) >= 11 is 0. The van der Waals surface area contributed by atoms with Gasteiger partial charge in [-0.3, -0.25) is 0 Å². The highest BCUT2D eigenvalue weighted by atomic mass is 19.4. The predicted octanol–water partition coefficient (Wildman–Crippen LogP) is 7.48. The van der Waals surface area contributed by atoms with Gasteiger partial charge in [0.1, 0.15) is 11.6 Å². The molecule has 3 aromatic heterocycles. The lowest BCUT2D eigenvalue weighted by molar-refractivity contribution is -0.137. The smallest absolute Gasteiger partial charge is 0.363 e. The quantitative estimate of drug-likeness (QED) is 0.192. The number of urea groups is 1. The number of rotatable bonds is 7. The van der Waals surface area contributed by atoms with Crippen molar-refractivity contribution in [3.8, 4) is 22.3 Å². The number of nitrogens with zero attached hydrogens (tertiary/aromatic N) is 6. The summed E-state index contributed by atoms with van der Waals surface area (Å²) in [6.45, 7) is 1.88. The zero-order valence-corrected chi connectivity index (χ0v) is 25.2. The van der Waals surface area contributed by atoms with Gasteiger partial charge in [-0.25, -0.2) is 24.3 Å². The summed E-state index contributed by atoms with van der Waals surface area (Å²) in [4.78, 5) is 28.2. The Bertz CT molecular complexity index is 2020. The van der Waals surface area contributed by atoms with Crippen LogP contribution in [0.25, 0.3) is 27.9 Å². The average Bonchev–Trinajstić information content (AvgIpc) is 3.45. The molecule has 2 N–H and O–H groups in total. The van der Waals surface area contributed by atoms with E-state index in [2.05, 4.69) is 25.7 Å². The van der Waals surface area contributed by atoms with E-state index >= 15 is 0 Å². The summed E-state index contributed by atoms with van der Waals surface area (Å²) in [6.07, 6.45) is 2.47. The zero-order valence-electron chi connectivity index (χ0n) is 25.2. The molecule has 0 saturated heterocycles. The predicted molar refractivity (Wildman–Crippen MR) is 172 cm³/mol. The molecule has 6 rings (SSSR count). The van der Waals surface area contributed by atoms with E-state index in [1.54, 1.807) is 22.8 Å². The first-order valence-electron chi connectivity index (χ1n) is 14.3. The van der Waals surface area contributed by atoms with Gasteiger partial charge >= 0.3 is 12.2 Å². The van der Waals surface area contributed by atoms with Crippen LogP contribution in [-0.2, 0) is 12.6 Å². The minimum absolute atomic E-state index is 0.0250. The molecule has 0 aliphatic heterocycles. The minimum atomic E-state index is -4.57. The maximum Gasteiger partial charge on any atom is 0.416 e. The van der Waals surface area contributed by atoms with Gasteiger partial charge in [-0.1, -0.05) is 60.2 Å². The summed E-state index contributed by atoms with van der Waals surface area (Å²) in [5, 5.41) is 9.58. The van der Waals surface area contributed by atoms with Gasteiger partial charge < -0.3 is 15.5 Å². The molecule has 3 heterocycles. The van der Waals surface area contributed by atoms with E-state index in [1.165, 1.54) is 18.5 Å². The number of nitrogens with one attached hydrogen (secondary N) is 2. The fourth-order valence-electron chi connectivity index (χ4n) is 4.98. The maximum absolute atomic E-state index is 13.5. The van der Waals surface area contributed by atoms with Gasteiger partial charge in [-0.15, -0.1) is 0 Å². The van der Waals surface area contributed by atoms with Gasteiger partial charge in [-0.05, 0) is 41.8 Å². The van der Waals surface area contributed by atoms with Crippen LogP contribution >= 0.6 is 0 Å². The van der Waals surface area contributed by atoms with Gasteiger partial charge in [0.05, 0.1) is 35.5 Å². The van der Waals surface area contributed by atoms with Crippen LogP contribution in [0, 0.1) is 6.92 Å². The molecule has 12 heteroatoms. The average molecular weight is 623 g/mol. The summed E-state index contributed by atoms with van der Waals surface area (Å²) in [7, 11) is 3.87. The number of halogens is 3. The number of alkyl halides is 3. The van der Waals surface area contributed by atoms with Crippen molar-refractivity contribution in [1.82, 2.24) is 24.6 Å². The number of hydrogen-bond donors (Lipinski definition) is 2. The number of hydrogen-bond acceptors (Lipinski definition) is 6. The number of amides is 2. The van der Waals surface area contributed by atoms with Crippen LogP contribution < -0.4 is 15.5 Å². The number of carbonyl (C=O) groups is 1. The highest BCUT2D eigenvalue weighted by Gasteiger charge is 2.31. The minimum Gasteiger partial charge on any atom is -0.363 e. The Balaban J connectivity index is 1.13. The number of benzene rings is 3. The molecule has 0 saturated carbocycles. The van der Waals surface area contributed by atoms with Crippen LogP contribution in [0.1, 0.15) is 22.5 Å². The number of anilines is 3. The Labute approximate surface area is 262 Å². The van der Waals surface area contributed by atoms with Crippen LogP contribution in [0.5, 0.6) is 0 Å². The first-order chi connectivity index (χ1) is 22.0. The maximum atomic E-state index is 13.5. The van der Waals surface area contributed by atoms with E-state index in [9.17, 15) is 18.0 Å². The molecule has 9 nitrogen and oxygen atoms in total. The Morgan fingerprint density at radius 2 is 1.63 bits per heavy atom. The first-order valence-corrected chi connectivity index (χ1v) is 14.3. The van der Waals surface area contributed by atoms with E-state index < -0.39 is 17.8 Å². The van der Waals surface area contributed by atoms with Crippen molar-refractivity contribution in [1.29, 1.82) is 0 Å². The van der Waals surface area contributed by atoms with E-state index in [0.717, 1.165) is 45.9 Å². The molecular weight excluding hydrogens is 593 g/mol. The number of aryl methyl sites for hydroxylation is 1. The van der Waals surface area contributed by atoms with Crippen molar-refractivity contribution in [2.24, 2.45) is 0 Å². The lowest BCUT2D eigenvalue weighted by Crippen LogP contribution is -2.20. The highest BCUT2D eigenvalue weighted by Crippen LogP contribution is 2.36. The van der Waals surface area contributed by atoms with Crippen LogP contribution in [-0.4, -0.2) is 44.7 Å². The summed E-state index contributed by atoms with van der Waals surface area (Å²) < 4.78 is 42.1. The number of carbonyl (C=O) groups excluding carboxylic acids is 1. The molecule has 0 aliphatic rings. The molecule has 0 fully saturated rings. The third-order valence-corrected chi connectivity index (χ3v) is 7.33. The lowest BCUT2D eigenvalue weighted by atomic mass is 9.99. The second-order valence-corrected chi connectivity index (χ2v) is 11.0. The van der Waals surface area contributed by atoms with Crippen molar-refractivity contribution >= 4 is 28.9 Å². The van der Waals surface area contributed by atoms with Gasteiger partial charge in [0.2, 0.25) is 0 Å². The normalized spacial score (nSPS) is 11.4. The van der Waals surface area contributed by atoms with Gasteiger partial charge in [0.15, 0.2) is 5.65 Å². The number of fused-ring (bicyclic) bond motifs is 1. The fraction of sp³-hybridized carbons (Fsp3) is 0.147. The standard InChI is InChI=1S/C34H29F3N8O/c1-21-5-4-6-24(15-21)27-12-11-25(34(35,36)37)17-29(27)42-33(46)41-26-18-38-30(39-19-26)16-22-7-9-23(10-8-22)28-20-40-45-14-13-31(44(2)3)43-32(28)45/h4-15,17-20H,16H2,1-3H3,(H2,41,42,46). The SMILES string of the molecule is Cc1cccc(-c2ccc(C(F)(F)F)cc2NC(=O)Nc2cnc(Cc3ccc(-c4cnn5ccc(N(C)C)nc45)cc3)nc2)c1. The Morgan fingerprint density at radius 3 is 2.33 bits per heavy atom. The molecular formula is C34H29F3N8O. The van der Waals surface area contributed by atoms with Crippen molar-refractivity contribution < 1.29 is 18.0 Å². The first kappa shape index (κ1) is 30.3. The van der Waals surface area contributed by atoms with Crippen LogP contribution in [0.2, 0.25) is 0 Å². The van der Waals surface area contributed by atoms with E-state index in [0.29, 0.717) is 29.1 Å². The monoisotopic (exact) mass is 622 g/mol. The van der Waals surface area contributed by atoms with E-state index in [1.807, 2.05) is 74.6 Å². The lowest BCUT2D eigenvalue weighted by Gasteiger charge is -2.16. The summed E-state index contributed by atoms with van der Waals surface area (Å²) in [6, 6.07) is 19.7. The number of aromatic nitrogens is 5. The molecule has 232 valence electrons. The van der Waals surface area contributed by atoms with Gasteiger partial charge in [0.25, 0.3) is 0 Å². The Kier molecular flexibility index (Phi) is 8.10. The molecule has 0 bridgehead atoms. The topological polar surface area (TPSA) is 100 Å². The van der Waals surface area contributed by atoms with Gasteiger partial charge in [0, 0.05) is 37.8 Å². The fourth-order valence-corrected chi connectivity index (χ4v) is 4.98. The van der Waals surface area contributed by atoms with Crippen LogP contribution in [0.3, 0.4) is 0 Å². The largest absolute Gasteiger partial charge is 0.416 e. The van der Waals surface area contributed by atoms with Crippen LogP contribution in [0.15, 0.2) is 97.6 Å². The summed E-state index contributed by atoms with van der Waals surface area (Å²) in [5.74, 6) is 1.37. The van der Waals surface area contributed by atoms with Crippen molar-refractivity contribution in [3.63, 3.8) is 0 Å². The molecule has 0 unspecified atom stereocenters. The van der Waals surface area contributed by atoms with Crippen molar-refractivity contribution in [3.05, 3.63) is 120 Å². The third-order valence-electron chi connectivity index (χ3n) is 7.33. The molecule has 0 spiro atoms.